The second kappa shape index (κ2) is 8.09. The van der Waals surface area contributed by atoms with Gasteiger partial charge in [0.2, 0.25) is 5.91 Å². The Morgan fingerprint density at radius 2 is 1.93 bits per heavy atom. The van der Waals surface area contributed by atoms with Gasteiger partial charge in [-0.3, -0.25) is 14.2 Å². The lowest BCUT2D eigenvalue weighted by Gasteiger charge is -2.17. The van der Waals surface area contributed by atoms with Crippen LogP contribution in [-0.2, 0) is 6.61 Å². The van der Waals surface area contributed by atoms with Crippen LogP contribution in [0.15, 0.2) is 47.3 Å². The molecule has 3 aromatic rings. The van der Waals surface area contributed by atoms with Gasteiger partial charge in [0.25, 0.3) is 5.56 Å². The van der Waals surface area contributed by atoms with Crippen molar-refractivity contribution in [3.05, 3.63) is 86.3 Å². The molecule has 0 atom stereocenters. The van der Waals surface area contributed by atoms with Crippen LogP contribution in [0.2, 0.25) is 5.02 Å². The Hall–Kier alpha value is -3.13. The zero-order chi connectivity index (χ0) is 21.3. The maximum Gasteiger partial charge on any atom is 0.252 e. The van der Waals surface area contributed by atoms with Crippen molar-refractivity contribution < 1.29 is 18.3 Å². The lowest BCUT2D eigenvalue weighted by Crippen LogP contribution is -2.36. The lowest BCUT2D eigenvalue weighted by atomic mass is 9.96. The summed E-state index contributed by atoms with van der Waals surface area (Å²) in [5.41, 5.74) is 6.44. The highest BCUT2D eigenvalue weighted by Crippen LogP contribution is 2.23. The van der Waals surface area contributed by atoms with E-state index in [1.165, 1.54) is 28.8 Å². The van der Waals surface area contributed by atoms with E-state index in [9.17, 15) is 18.4 Å². The number of halogens is 3. The predicted octanol–water partition coefficient (Wildman–Crippen LogP) is 2.01. The molecule has 2 N–H and O–H groups in total. The van der Waals surface area contributed by atoms with E-state index in [4.69, 9.17) is 22.1 Å². The molecule has 148 valence electrons. The number of carbonyl (C=O) groups excluding carboxylic acids is 1. The van der Waals surface area contributed by atoms with E-state index >= 15 is 0 Å². The summed E-state index contributed by atoms with van der Waals surface area (Å²) in [5.74, 6) is -1.76. The van der Waals surface area contributed by atoms with Gasteiger partial charge in [0.15, 0.2) is 7.85 Å². The fraction of sp³-hybridized carbons (Fsp3) is 0.100. The highest BCUT2D eigenvalue weighted by atomic mass is 35.5. The average Bonchev–Trinajstić information content (AvgIpc) is 2.65. The minimum Gasteiger partial charge on any atom is -0.489 e. The number of hydrogen-bond acceptors (Lipinski definition) is 3. The molecule has 1 amide bonds. The second-order valence-corrected chi connectivity index (χ2v) is 6.88. The van der Waals surface area contributed by atoms with E-state index in [1.54, 1.807) is 20.8 Å². The molecular formula is C20H16BClF2N2O3. The number of carbonyl (C=O) groups is 1. The number of rotatable bonds is 5. The van der Waals surface area contributed by atoms with Gasteiger partial charge >= 0.3 is 0 Å². The summed E-state index contributed by atoms with van der Waals surface area (Å²) in [4.78, 5) is 24.2. The van der Waals surface area contributed by atoms with Gasteiger partial charge in [-0.15, -0.1) is 0 Å². The third kappa shape index (κ3) is 4.17. The Balaban J connectivity index is 1.96. The fourth-order valence-corrected chi connectivity index (χ4v) is 3.15. The van der Waals surface area contributed by atoms with E-state index in [-0.39, 0.29) is 39.5 Å². The first-order valence-corrected chi connectivity index (χ1v) is 8.96. The van der Waals surface area contributed by atoms with Crippen LogP contribution in [0.25, 0.3) is 5.69 Å². The van der Waals surface area contributed by atoms with E-state index in [1.807, 2.05) is 0 Å². The zero-order valence-corrected chi connectivity index (χ0v) is 16.4. The summed E-state index contributed by atoms with van der Waals surface area (Å²) in [5, 5.41) is 0.188. The topological polar surface area (TPSA) is 74.3 Å². The number of nitrogens with zero attached hydrogens (tertiary/aromatic N) is 1. The number of nitrogens with two attached hydrogens (primary N) is 1. The minimum atomic E-state index is -0.728. The highest BCUT2D eigenvalue weighted by Gasteiger charge is 2.16. The van der Waals surface area contributed by atoms with E-state index in [0.717, 1.165) is 12.1 Å². The van der Waals surface area contributed by atoms with Crippen molar-refractivity contribution in [1.82, 2.24) is 4.57 Å². The van der Waals surface area contributed by atoms with E-state index in [0.29, 0.717) is 11.4 Å². The Morgan fingerprint density at radius 3 is 2.55 bits per heavy atom. The molecule has 0 spiro atoms. The third-order valence-electron chi connectivity index (χ3n) is 4.46. The van der Waals surface area contributed by atoms with Crippen molar-refractivity contribution >= 4 is 30.8 Å². The fourth-order valence-electron chi connectivity index (χ4n) is 2.88. The molecular weight excluding hydrogens is 400 g/mol. The van der Waals surface area contributed by atoms with Crippen LogP contribution >= 0.6 is 11.6 Å². The van der Waals surface area contributed by atoms with Gasteiger partial charge in [-0.2, -0.15) is 0 Å². The van der Waals surface area contributed by atoms with E-state index in [2.05, 4.69) is 0 Å². The summed E-state index contributed by atoms with van der Waals surface area (Å²) in [6.07, 6.45) is 0. The Kier molecular flexibility index (Phi) is 5.75. The molecule has 1 aromatic heterocycles. The molecule has 0 radical (unpaired) electrons. The molecule has 0 aliphatic rings. The van der Waals surface area contributed by atoms with Gasteiger partial charge in [0.1, 0.15) is 24.0 Å². The Morgan fingerprint density at radius 1 is 1.21 bits per heavy atom. The predicted molar refractivity (Wildman–Crippen MR) is 109 cm³/mol. The Labute approximate surface area is 171 Å². The van der Waals surface area contributed by atoms with Crippen molar-refractivity contribution in [2.45, 2.75) is 13.5 Å². The minimum absolute atomic E-state index is 0.163. The SMILES string of the molecule is Bc1c(OCc2ccc(F)cc2F)cc(C)n(-c2ccc(C(N)=O)cc2Cl)c1=O. The number of ether oxygens (including phenoxy) is 1. The third-order valence-corrected chi connectivity index (χ3v) is 4.76. The van der Waals surface area contributed by atoms with Crippen molar-refractivity contribution in [3.8, 4) is 11.4 Å². The van der Waals surface area contributed by atoms with Gasteiger partial charge in [-0.25, -0.2) is 8.78 Å². The van der Waals surface area contributed by atoms with Crippen LogP contribution < -0.4 is 21.5 Å². The molecule has 0 bridgehead atoms. The van der Waals surface area contributed by atoms with Crippen LogP contribution in [0.3, 0.4) is 0 Å². The largest absolute Gasteiger partial charge is 0.489 e. The maximum atomic E-state index is 13.8. The van der Waals surface area contributed by atoms with Gasteiger partial charge in [0.05, 0.1) is 10.7 Å². The van der Waals surface area contributed by atoms with Crippen LogP contribution in [0.5, 0.6) is 5.75 Å². The van der Waals surface area contributed by atoms with E-state index < -0.39 is 17.5 Å². The van der Waals surface area contributed by atoms with Crippen LogP contribution in [0.1, 0.15) is 21.6 Å². The van der Waals surface area contributed by atoms with Gasteiger partial charge in [-0.1, -0.05) is 11.6 Å². The standard InChI is InChI=1S/C20H16BClF2N2O3/c1-10-6-17(29-9-12-2-4-13(23)8-15(12)24)18(21)20(28)26(10)16-5-3-11(19(25)27)7-14(16)22/h2-8H,9,21H2,1H3,(H2,25,27). The summed E-state index contributed by atoms with van der Waals surface area (Å²) in [6, 6.07) is 9.21. The van der Waals surface area contributed by atoms with Gasteiger partial charge in [0, 0.05) is 28.4 Å². The molecule has 1 heterocycles. The lowest BCUT2D eigenvalue weighted by molar-refractivity contribution is 0.100. The molecule has 29 heavy (non-hydrogen) atoms. The molecule has 0 aliphatic heterocycles. The zero-order valence-electron chi connectivity index (χ0n) is 15.6. The molecule has 0 unspecified atom stereocenters. The van der Waals surface area contributed by atoms with Crippen molar-refractivity contribution in [3.63, 3.8) is 0 Å². The van der Waals surface area contributed by atoms with Crippen molar-refractivity contribution in [2.75, 3.05) is 0 Å². The molecule has 9 heteroatoms. The Bertz CT molecular complexity index is 1180. The van der Waals surface area contributed by atoms with Crippen LogP contribution in [0, 0.1) is 18.6 Å². The summed E-state index contributed by atoms with van der Waals surface area (Å²) in [6.45, 7) is 1.52. The number of aryl methyl sites for hydroxylation is 1. The number of aromatic nitrogens is 1. The molecule has 0 fully saturated rings. The van der Waals surface area contributed by atoms with Gasteiger partial charge < -0.3 is 10.5 Å². The van der Waals surface area contributed by atoms with Gasteiger partial charge in [-0.05, 0) is 43.3 Å². The number of pyridine rings is 1. The second-order valence-electron chi connectivity index (χ2n) is 6.47. The number of benzene rings is 2. The molecule has 0 saturated carbocycles. The summed E-state index contributed by atoms with van der Waals surface area (Å²) in [7, 11) is 1.57. The number of primary amides is 1. The molecule has 5 nitrogen and oxygen atoms in total. The van der Waals surface area contributed by atoms with Crippen LogP contribution in [0.4, 0.5) is 8.78 Å². The number of amides is 1. The maximum absolute atomic E-state index is 13.8. The summed E-state index contributed by atoms with van der Waals surface area (Å²) < 4.78 is 33.8. The highest BCUT2D eigenvalue weighted by molar-refractivity contribution is 6.34. The molecule has 3 rings (SSSR count). The first-order valence-electron chi connectivity index (χ1n) is 8.58. The first kappa shape index (κ1) is 20.6. The van der Waals surface area contributed by atoms with Crippen molar-refractivity contribution in [1.29, 1.82) is 0 Å². The number of hydrogen-bond donors (Lipinski definition) is 1. The van der Waals surface area contributed by atoms with Crippen LogP contribution in [-0.4, -0.2) is 18.3 Å². The average molecular weight is 417 g/mol. The summed E-state index contributed by atoms with van der Waals surface area (Å²) >= 11 is 6.24. The smallest absolute Gasteiger partial charge is 0.252 e. The first-order chi connectivity index (χ1) is 13.7. The quantitative estimate of drug-likeness (QED) is 0.647. The molecule has 2 aromatic carbocycles. The monoisotopic (exact) mass is 416 g/mol. The van der Waals surface area contributed by atoms with Crippen molar-refractivity contribution in [2.24, 2.45) is 5.73 Å². The molecule has 0 aliphatic carbocycles. The normalized spacial score (nSPS) is 10.8. The molecule has 0 saturated heterocycles.